The molecule has 3 heteroatoms. The van der Waals surface area contributed by atoms with E-state index in [0.29, 0.717) is 13.0 Å². The van der Waals surface area contributed by atoms with Crippen molar-refractivity contribution in [2.45, 2.75) is 58.3 Å². The fraction of sp³-hybridized carbons (Fsp3) is 0.478. The Morgan fingerprint density at radius 2 is 1.88 bits per heavy atom. The normalized spacial score (nSPS) is 15.8. The molecule has 2 rings (SSSR count). The highest BCUT2D eigenvalue weighted by Gasteiger charge is 2.29. The minimum Gasteiger partial charge on any atom is -0.466 e. The zero-order chi connectivity index (χ0) is 18.8. The summed E-state index contributed by atoms with van der Waals surface area (Å²) in [4.78, 5) is 25.3. The summed E-state index contributed by atoms with van der Waals surface area (Å²) in [6.45, 7) is 4.52. The van der Waals surface area contributed by atoms with Gasteiger partial charge in [-0.2, -0.15) is 0 Å². The van der Waals surface area contributed by atoms with Gasteiger partial charge in [-0.1, -0.05) is 75.2 Å². The van der Waals surface area contributed by atoms with Gasteiger partial charge in [0.2, 0.25) is 0 Å². The highest BCUT2D eigenvalue weighted by atomic mass is 16.5. The van der Waals surface area contributed by atoms with Crippen molar-refractivity contribution in [3.05, 3.63) is 59.7 Å². The summed E-state index contributed by atoms with van der Waals surface area (Å²) in [5, 5.41) is 0. The van der Waals surface area contributed by atoms with Crippen molar-refractivity contribution in [1.29, 1.82) is 0 Å². The zero-order valence-electron chi connectivity index (χ0n) is 15.9. The first kappa shape index (κ1) is 20.2. The third-order valence-electron chi connectivity index (χ3n) is 4.96. The number of ketones is 1. The summed E-state index contributed by atoms with van der Waals surface area (Å²) in [5.41, 5.74) is 1.88. The molecule has 1 aliphatic carbocycles. The molecule has 2 atom stereocenters. The lowest BCUT2D eigenvalue weighted by Crippen LogP contribution is -2.24. The van der Waals surface area contributed by atoms with E-state index in [1.54, 1.807) is 0 Å². The van der Waals surface area contributed by atoms with E-state index in [9.17, 15) is 9.59 Å². The largest absolute Gasteiger partial charge is 0.466 e. The van der Waals surface area contributed by atoms with Gasteiger partial charge in [0.25, 0.3) is 0 Å². The molecule has 2 unspecified atom stereocenters. The zero-order valence-corrected chi connectivity index (χ0v) is 15.9. The molecule has 1 aromatic carbocycles. The number of rotatable bonds is 10. The van der Waals surface area contributed by atoms with Gasteiger partial charge in [-0.05, 0) is 30.4 Å². The average molecular weight is 354 g/mol. The standard InChI is InChI=1S/C23H30O3/c1-3-4-11-16-26-22(24)17-21(19-12-7-5-8-13-19)18(2)23(25)20-14-9-6-10-15-20/h5-9,12-13,15,18,21H,3-4,10-11,14,16-17H2,1-2H3. The minimum atomic E-state index is -0.252. The molecule has 0 saturated carbocycles. The highest BCUT2D eigenvalue weighted by Crippen LogP contribution is 2.32. The van der Waals surface area contributed by atoms with Crippen LogP contribution in [0, 0.1) is 5.92 Å². The summed E-state index contributed by atoms with van der Waals surface area (Å²) in [6, 6.07) is 9.84. The molecule has 0 aliphatic heterocycles. The number of allylic oxidation sites excluding steroid dienone is 4. The Balaban J connectivity index is 2.07. The summed E-state index contributed by atoms with van der Waals surface area (Å²) in [7, 11) is 0. The molecule has 0 aromatic heterocycles. The highest BCUT2D eigenvalue weighted by molar-refractivity contribution is 5.98. The van der Waals surface area contributed by atoms with Gasteiger partial charge in [-0.25, -0.2) is 0 Å². The summed E-state index contributed by atoms with van der Waals surface area (Å²) in [6.07, 6.45) is 10.9. The molecule has 1 aromatic rings. The molecule has 140 valence electrons. The van der Waals surface area contributed by atoms with Crippen LogP contribution in [0.25, 0.3) is 0 Å². The Labute approximate surface area is 157 Å². The molecule has 3 nitrogen and oxygen atoms in total. The minimum absolute atomic E-state index is 0.141. The van der Waals surface area contributed by atoms with E-state index in [1.165, 1.54) is 0 Å². The van der Waals surface area contributed by atoms with Gasteiger partial charge in [0.05, 0.1) is 13.0 Å². The van der Waals surface area contributed by atoms with E-state index >= 15 is 0 Å². The van der Waals surface area contributed by atoms with Crippen LogP contribution in [0.1, 0.15) is 63.9 Å². The van der Waals surface area contributed by atoms with Crippen molar-refractivity contribution in [3.8, 4) is 0 Å². The lowest BCUT2D eigenvalue weighted by molar-refractivity contribution is -0.144. The van der Waals surface area contributed by atoms with Crippen molar-refractivity contribution in [2.24, 2.45) is 5.92 Å². The summed E-state index contributed by atoms with van der Waals surface area (Å²) in [5.74, 6) is -0.485. The van der Waals surface area contributed by atoms with Gasteiger partial charge < -0.3 is 4.74 Å². The van der Waals surface area contributed by atoms with Gasteiger partial charge in [0.15, 0.2) is 5.78 Å². The van der Waals surface area contributed by atoms with Crippen LogP contribution in [0.5, 0.6) is 0 Å². The number of carbonyl (C=O) groups is 2. The van der Waals surface area contributed by atoms with Gasteiger partial charge in [-0.3, -0.25) is 9.59 Å². The molecule has 0 fully saturated rings. The van der Waals surface area contributed by atoms with Gasteiger partial charge in [0, 0.05) is 11.8 Å². The van der Waals surface area contributed by atoms with Crippen molar-refractivity contribution < 1.29 is 14.3 Å². The Hall–Kier alpha value is -2.16. The number of Topliss-reactive ketones (excluding diaryl/α,β-unsaturated/α-hetero) is 1. The Bertz CT molecular complexity index is 643. The van der Waals surface area contributed by atoms with Crippen LogP contribution >= 0.6 is 0 Å². The van der Waals surface area contributed by atoms with Crippen LogP contribution in [0.15, 0.2) is 54.1 Å². The van der Waals surface area contributed by atoms with Crippen LogP contribution < -0.4 is 0 Å². The molecule has 1 aliphatic rings. The first-order valence-electron chi connectivity index (χ1n) is 9.72. The van der Waals surface area contributed by atoms with Gasteiger partial charge in [0.1, 0.15) is 0 Å². The van der Waals surface area contributed by atoms with E-state index in [2.05, 4.69) is 13.0 Å². The molecule has 0 saturated heterocycles. The van der Waals surface area contributed by atoms with E-state index in [1.807, 2.05) is 49.4 Å². The monoisotopic (exact) mass is 354 g/mol. The predicted octanol–water partition coefficient (Wildman–Crippen LogP) is 5.38. The fourth-order valence-electron chi connectivity index (χ4n) is 3.34. The van der Waals surface area contributed by atoms with Crippen molar-refractivity contribution in [2.75, 3.05) is 6.61 Å². The Kier molecular flexibility index (Phi) is 8.33. The van der Waals surface area contributed by atoms with Crippen molar-refractivity contribution in [3.63, 3.8) is 0 Å². The molecule has 0 amide bonds. The Morgan fingerprint density at radius 1 is 1.12 bits per heavy atom. The van der Waals surface area contributed by atoms with E-state index < -0.39 is 0 Å². The molecule has 0 radical (unpaired) electrons. The number of esters is 1. The molecule has 0 bridgehead atoms. The summed E-state index contributed by atoms with van der Waals surface area (Å²) >= 11 is 0. The second kappa shape index (κ2) is 10.7. The van der Waals surface area contributed by atoms with Gasteiger partial charge in [-0.15, -0.1) is 0 Å². The third-order valence-corrected chi connectivity index (χ3v) is 4.96. The lowest BCUT2D eigenvalue weighted by Gasteiger charge is -2.24. The van der Waals surface area contributed by atoms with Crippen LogP contribution in [-0.2, 0) is 14.3 Å². The van der Waals surface area contributed by atoms with Crippen LogP contribution in [0.4, 0.5) is 0 Å². The number of unbranched alkanes of at least 4 members (excludes halogenated alkanes) is 2. The maximum atomic E-state index is 12.9. The van der Waals surface area contributed by atoms with Crippen LogP contribution in [0.2, 0.25) is 0 Å². The second-order valence-corrected chi connectivity index (χ2v) is 6.94. The van der Waals surface area contributed by atoms with Crippen molar-refractivity contribution in [1.82, 2.24) is 0 Å². The first-order valence-corrected chi connectivity index (χ1v) is 9.72. The fourth-order valence-corrected chi connectivity index (χ4v) is 3.34. The maximum absolute atomic E-state index is 12.9. The number of benzene rings is 1. The van der Waals surface area contributed by atoms with E-state index in [0.717, 1.165) is 36.8 Å². The Morgan fingerprint density at radius 3 is 2.54 bits per heavy atom. The molecule has 0 spiro atoms. The lowest BCUT2D eigenvalue weighted by atomic mass is 9.79. The van der Waals surface area contributed by atoms with E-state index in [4.69, 9.17) is 4.74 Å². The SMILES string of the molecule is CCCCCOC(=O)CC(c1ccccc1)C(C)C(=O)C1=CCC=CC1. The number of hydrogen-bond acceptors (Lipinski definition) is 3. The molecule has 0 N–H and O–H groups in total. The first-order chi connectivity index (χ1) is 12.6. The molecular formula is C23H30O3. The molecule has 0 heterocycles. The average Bonchev–Trinajstić information content (AvgIpc) is 2.69. The topological polar surface area (TPSA) is 43.4 Å². The number of hydrogen-bond donors (Lipinski definition) is 0. The predicted molar refractivity (Wildman–Crippen MR) is 105 cm³/mol. The quantitative estimate of drug-likeness (QED) is 0.322. The number of ether oxygens (including phenoxy) is 1. The van der Waals surface area contributed by atoms with Crippen LogP contribution in [-0.4, -0.2) is 18.4 Å². The van der Waals surface area contributed by atoms with Crippen LogP contribution in [0.3, 0.4) is 0 Å². The second-order valence-electron chi connectivity index (χ2n) is 6.94. The maximum Gasteiger partial charge on any atom is 0.306 e. The summed E-state index contributed by atoms with van der Waals surface area (Å²) < 4.78 is 5.40. The molecule has 26 heavy (non-hydrogen) atoms. The van der Waals surface area contributed by atoms with Gasteiger partial charge >= 0.3 is 5.97 Å². The third kappa shape index (κ3) is 5.98. The number of carbonyl (C=O) groups excluding carboxylic acids is 2. The van der Waals surface area contributed by atoms with Crippen molar-refractivity contribution >= 4 is 11.8 Å². The smallest absolute Gasteiger partial charge is 0.306 e. The molecular weight excluding hydrogens is 324 g/mol. The van der Waals surface area contributed by atoms with E-state index in [-0.39, 0.29) is 30.0 Å².